The fraction of sp³-hybridized carbons (Fsp3) is 0.455. The summed E-state index contributed by atoms with van der Waals surface area (Å²) in [5.74, 6) is 0.440. The molecule has 0 bridgehead atoms. The van der Waals surface area contributed by atoms with Gasteiger partial charge in [0, 0.05) is 24.5 Å². The summed E-state index contributed by atoms with van der Waals surface area (Å²) in [6.45, 7) is 7.10. The summed E-state index contributed by atoms with van der Waals surface area (Å²) in [6, 6.07) is 3.43. The maximum Gasteiger partial charge on any atom is 0.276 e. The molecule has 164 valence electrons. The molecular weight excluding hydrogens is 398 g/mol. The number of methoxy groups -OCH3 is 1. The molecule has 4 heterocycles. The third-order valence-electron chi connectivity index (χ3n) is 5.34. The normalized spacial score (nSPS) is 18.0. The fourth-order valence-electron chi connectivity index (χ4n) is 3.60. The van der Waals surface area contributed by atoms with Crippen LogP contribution in [0.25, 0.3) is 5.65 Å². The second kappa shape index (κ2) is 8.50. The van der Waals surface area contributed by atoms with E-state index in [1.165, 1.54) is 7.11 Å². The van der Waals surface area contributed by atoms with E-state index in [1.807, 2.05) is 13.1 Å². The Bertz CT molecular complexity index is 1080. The zero-order valence-corrected chi connectivity index (χ0v) is 18.2. The van der Waals surface area contributed by atoms with Gasteiger partial charge in [-0.05, 0) is 45.7 Å². The van der Waals surface area contributed by atoms with Gasteiger partial charge in [0.2, 0.25) is 11.5 Å². The summed E-state index contributed by atoms with van der Waals surface area (Å²) >= 11 is 0. The Morgan fingerprint density at radius 3 is 2.87 bits per heavy atom. The predicted molar refractivity (Wildman–Crippen MR) is 115 cm³/mol. The Labute approximate surface area is 180 Å². The Kier molecular flexibility index (Phi) is 5.77. The summed E-state index contributed by atoms with van der Waals surface area (Å²) in [6.07, 6.45) is 7.12. The maximum absolute atomic E-state index is 12.9. The van der Waals surface area contributed by atoms with Crippen LogP contribution in [0.15, 0.2) is 30.7 Å². The minimum Gasteiger partial charge on any atom is -0.480 e. The molecule has 1 aliphatic rings. The Morgan fingerprint density at radius 1 is 1.32 bits per heavy atom. The van der Waals surface area contributed by atoms with Crippen molar-refractivity contribution in [3.05, 3.63) is 42.1 Å². The van der Waals surface area contributed by atoms with Gasteiger partial charge in [0.15, 0.2) is 0 Å². The number of pyridine rings is 1. The number of amides is 1. The molecule has 9 heteroatoms. The van der Waals surface area contributed by atoms with E-state index in [2.05, 4.69) is 29.1 Å². The molecule has 31 heavy (non-hydrogen) atoms. The van der Waals surface area contributed by atoms with Crippen LogP contribution in [-0.2, 0) is 4.74 Å². The number of nitrogens with zero attached hydrogens (tertiary/aromatic N) is 4. The lowest BCUT2D eigenvalue weighted by molar-refractivity contribution is -0.0615. The molecule has 1 atom stereocenters. The zero-order valence-electron chi connectivity index (χ0n) is 18.2. The molecule has 1 fully saturated rings. The molecule has 0 spiro atoms. The molecule has 3 aromatic heterocycles. The molecule has 0 saturated carbocycles. The van der Waals surface area contributed by atoms with Gasteiger partial charge in [-0.25, -0.2) is 15.0 Å². The quantitative estimate of drug-likeness (QED) is 0.645. The zero-order chi connectivity index (χ0) is 22.0. The lowest BCUT2D eigenvalue weighted by atomic mass is 9.90. The number of anilines is 1. The van der Waals surface area contributed by atoms with Crippen molar-refractivity contribution in [3.8, 4) is 11.8 Å². The smallest absolute Gasteiger partial charge is 0.276 e. The van der Waals surface area contributed by atoms with Gasteiger partial charge in [0.1, 0.15) is 11.4 Å². The highest BCUT2D eigenvalue weighted by Gasteiger charge is 2.30. The molecule has 1 saturated heterocycles. The molecule has 3 aromatic rings. The van der Waals surface area contributed by atoms with Crippen LogP contribution in [-0.4, -0.2) is 51.2 Å². The maximum atomic E-state index is 12.9. The fourth-order valence-corrected chi connectivity index (χ4v) is 3.60. The van der Waals surface area contributed by atoms with Crippen molar-refractivity contribution in [1.82, 2.24) is 19.4 Å². The molecular formula is C22H27N5O4. The summed E-state index contributed by atoms with van der Waals surface area (Å²) in [5.41, 5.74) is 2.05. The lowest BCUT2D eigenvalue weighted by Gasteiger charge is -2.34. The molecule has 0 radical (unpaired) electrons. The topological polar surface area (TPSA) is 99.9 Å². The van der Waals surface area contributed by atoms with Gasteiger partial charge in [-0.15, -0.1) is 0 Å². The molecule has 1 aliphatic heterocycles. The van der Waals surface area contributed by atoms with Crippen LogP contribution in [0.2, 0.25) is 0 Å². The summed E-state index contributed by atoms with van der Waals surface area (Å²) in [7, 11) is 1.50. The van der Waals surface area contributed by atoms with Crippen LogP contribution < -0.4 is 14.8 Å². The van der Waals surface area contributed by atoms with Crippen LogP contribution >= 0.6 is 0 Å². The van der Waals surface area contributed by atoms with Gasteiger partial charge >= 0.3 is 0 Å². The highest BCUT2D eigenvalue weighted by atomic mass is 16.5. The van der Waals surface area contributed by atoms with Gasteiger partial charge in [-0.1, -0.05) is 0 Å². The molecule has 1 N–H and O–H groups in total. The van der Waals surface area contributed by atoms with Crippen molar-refractivity contribution in [2.24, 2.45) is 0 Å². The van der Waals surface area contributed by atoms with E-state index in [9.17, 15) is 4.79 Å². The van der Waals surface area contributed by atoms with Gasteiger partial charge in [-0.3, -0.25) is 9.20 Å². The van der Waals surface area contributed by atoms with Crippen molar-refractivity contribution < 1.29 is 19.0 Å². The average molecular weight is 425 g/mol. The van der Waals surface area contributed by atoms with Gasteiger partial charge < -0.3 is 19.5 Å². The first-order valence-corrected chi connectivity index (χ1v) is 10.4. The van der Waals surface area contributed by atoms with Crippen molar-refractivity contribution in [2.75, 3.05) is 25.6 Å². The Hall–Kier alpha value is -3.20. The Morgan fingerprint density at radius 2 is 2.16 bits per heavy atom. The third-order valence-corrected chi connectivity index (χ3v) is 5.34. The molecule has 1 unspecified atom stereocenters. The number of imidazole rings is 1. The number of carbonyl (C=O) groups excluding carboxylic acids is 1. The van der Waals surface area contributed by atoms with Gasteiger partial charge in [-0.2, -0.15) is 0 Å². The van der Waals surface area contributed by atoms with Crippen molar-refractivity contribution in [3.63, 3.8) is 0 Å². The summed E-state index contributed by atoms with van der Waals surface area (Å²) in [4.78, 5) is 26.2. The minimum atomic E-state index is -0.396. The first kappa shape index (κ1) is 21.0. The Balaban J connectivity index is 1.64. The first-order valence-electron chi connectivity index (χ1n) is 10.4. The van der Waals surface area contributed by atoms with E-state index >= 15 is 0 Å². The standard InChI is InChI=1S/C22H27N5O4/c1-5-30-21-18-24-16(14-8-9-22(2,3)31-13-14)11-27(18)12-17(26-21)19(28)25-15-7-6-10-23-20(15)29-4/h6-7,10-12,14H,5,8-9,13H2,1-4H3,(H,25,28). The number of rotatable bonds is 6. The van der Waals surface area contributed by atoms with E-state index in [4.69, 9.17) is 19.2 Å². The van der Waals surface area contributed by atoms with E-state index in [0.29, 0.717) is 36.3 Å². The van der Waals surface area contributed by atoms with Crippen molar-refractivity contribution in [2.45, 2.75) is 45.1 Å². The van der Waals surface area contributed by atoms with Crippen LogP contribution in [0.1, 0.15) is 55.7 Å². The SMILES string of the molecule is CCOc1nc(C(=O)Nc2cccnc2OC)cn2cc(C3CCC(C)(C)OC3)nc12. The predicted octanol–water partition coefficient (Wildman–Crippen LogP) is 3.46. The number of aromatic nitrogens is 4. The number of fused-ring (bicyclic) bond motifs is 1. The van der Waals surface area contributed by atoms with E-state index in [0.717, 1.165) is 18.5 Å². The van der Waals surface area contributed by atoms with Crippen LogP contribution in [0.4, 0.5) is 5.69 Å². The summed E-state index contributed by atoms with van der Waals surface area (Å²) < 4.78 is 18.7. The number of nitrogens with one attached hydrogen (secondary N) is 1. The third kappa shape index (κ3) is 4.46. The van der Waals surface area contributed by atoms with Crippen molar-refractivity contribution >= 4 is 17.2 Å². The monoisotopic (exact) mass is 425 g/mol. The van der Waals surface area contributed by atoms with Gasteiger partial charge in [0.25, 0.3) is 11.8 Å². The van der Waals surface area contributed by atoms with E-state index in [1.54, 1.807) is 28.9 Å². The lowest BCUT2D eigenvalue weighted by Crippen LogP contribution is -2.32. The number of carbonyl (C=O) groups is 1. The number of hydrogen-bond acceptors (Lipinski definition) is 7. The van der Waals surface area contributed by atoms with Crippen LogP contribution in [0.5, 0.6) is 11.8 Å². The summed E-state index contributed by atoms with van der Waals surface area (Å²) in [5, 5.41) is 2.79. The largest absolute Gasteiger partial charge is 0.480 e. The molecule has 0 aliphatic carbocycles. The van der Waals surface area contributed by atoms with E-state index < -0.39 is 5.91 Å². The van der Waals surface area contributed by atoms with Crippen LogP contribution in [0.3, 0.4) is 0 Å². The molecule has 1 amide bonds. The molecule has 9 nitrogen and oxygen atoms in total. The van der Waals surface area contributed by atoms with Crippen LogP contribution in [0, 0.1) is 0 Å². The average Bonchev–Trinajstić information content (AvgIpc) is 3.18. The first-order chi connectivity index (χ1) is 14.9. The molecule has 0 aromatic carbocycles. The minimum absolute atomic E-state index is 0.105. The van der Waals surface area contributed by atoms with Gasteiger partial charge in [0.05, 0.1) is 31.6 Å². The van der Waals surface area contributed by atoms with Crippen molar-refractivity contribution in [1.29, 1.82) is 0 Å². The second-order valence-electron chi connectivity index (χ2n) is 8.08. The number of hydrogen-bond donors (Lipinski definition) is 1. The van der Waals surface area contributed by atoms with E-state index in [-0.39, 0.29) is 17.2 Å². The highest BCUT2D eigenvalue weighted by molar-refractivity contribution is 6.03. The highest BCUT2D eigenvalue weighted by Crippen LogP contribution is 2.34. The number of ether oxygens (including phenoxy) is 3. The second-order valence-corrected chi connectivity index (χ2v) is 8.08. The molecule has 4 rings (SSSR count).